The smallest absolute Gasteiger partial charge is 0.270 e. The maximum atomic E-state index is 12.0. The number of rotatable bonds is 5. The van der Waals surface area contributed by atoms with Gasteiger partial charge in [0.2, 0.25) is 0 Å². The first kappa shape index (κ1) is 16.5. The maximum absolute atomic E-state index is 12.0. The van der Waals surface area contributed by atoms with Crippen LogP contribution in [0.2, 0.25) is 0 Å². The van der Waals surface area contributed by atoms with Crippen molar-refractivity contribution in [2.24, 2.45) is 0 Å². The highest BCUT2D eigenvalue weighted by Gasteiger charge is 2.10. The Balaban J connectivity index is 1.50. The summed E-state index contributed by atoms with van der Waals surface area (Å²) in [5.74, 6) is -0.188. The number of aromatic nitrogens is 1. The van der Waals surface area contributed by atoms with Crippen LogP contribution in [0.15, 0.2) is 42.6 Å². The minimum Gasteiger partial charge on any atom is -0.397 e. The van der Waals surface area contributed by atoms with Crippen molar-refractivity contribution in [3.05, 3.63) is 59.4 Å². The molecule has 1 fully saturated rings. The molecule has 0 spiro atoms. The molecule has 2 heterocycles. The second-order valence-corrected chi connectivity index (χ2v) is 6.31. The van der Waals surface area contributed by atoms with Crippen molar-refractivity contribution in [1.82, 2.24) is 15.2 Å². The molecule has 0 radical (unpaired) electrons. The molecule has 5 heteroatoms. The molecule has 3 N–H and O–H groups in total. The van der Waals surface area contributed by atoms with Gasteiger partial charge in [0.05, 0.1) is 11.9 Å². The first-order valence-corrected chi connectivity index (χ1v) is 8.50. The molecule has 1 aromatic heterocycles. The fourth-order valence-corrected chi connectivity index (χ4v) is 2.95. The van der Waals surface area contributed by atoms with Crippen LogP contribution in [0.1, 0.15) is 40.9 Å². The number of nitrogens with one attached hydrogen (secondary N) is 1. The number of likely N-dealkylation sites (tertiary alicyclic amines) is 1. The van der Waals surface area contributed by atoms with E-state index in [2.05, 4.69) is 39.5 Å². The molecule has 0 bridgehead atoms. The number of benzene rings is 1. The highest BCUT2D eigenvalue weighted by atomic mass is 16.1. The van der Waals surface area contributed by atoms with Crippen LogP contribution in [0, 0.1) is 0 Å². The molecule has 0 aliphatic carbocycles. The van der Waals surface area contributed by atoms with E-state index in [1.807, 2.05) is 0 Å². The van der Waals surface area contributed by atoms with Crippen LogP contribution in [-0.4, -0.2) is 28.9 Å². The second-order valence-electron chi connectivity index (χ2n) is 6.31. The number of amides is 1. The van der Waals surface area contributed by atoms with Gasteiger partial charge in [0.15, 0.2) is 0 Å². The van der Waals surface area contributed by atoms with Crippen molar-refractivity contribution < 1.29 is 4.79 Å². The number of nitrogen functional groups attached to an aromatic ring is 1. The molecule has 126 valence electrons. The first-order chi connectivity index (χ1) is 11.7. The lowest BCUT2D eigenvalue weighted by Crippen LogP contribution is -2.29. The van der Waals surface area contributed by atoms with Crippen LogP contribution in [0.3, 0.4) is 0 Å². The van der Waals surface area contributed by atoms with E-state index in [1.165, 1.54) is 44.1 Å². The number of carbonyl (C=O) groups excluding carboxylic acids is 1. The van der Waals surface area contributed by atoms with Gasteiger partial charge >= 0.3 is 0 Å². The summed E-state index contributed by atoms with van der Waals surface area (Å²) < 4.78 is 0. The Labute approximate surface area is 142 Å². The van der Waals surface area contributed by atoms with E-state index in [0.717, 1.165) is 12.1 Å². The van der Waals surface area contributed by atoms with Gasteiger partial charge in [-0.05, 0) is 49.2 Å². The summed E-state index contributed by atoms with van der Waals surface area (Å²) in [4.78, 5) is 18.6. The third kappa shape index (κ3) is 4.55. The van der Waals surface area contributed by atoms with E-state index >= 15 is 0 Å². The number of hydrogen-bond donors (Lipinski definition) is 2. The summed E-state index contributed by atoms with van der Waals surface area (Å²) in [5, 5.41) is 2.88. The van der Waals surface area contributed by atoms with Crippen LogP contribution < -0.4 is 11.1 Å². The van der Waals surface area contributed by atoms with Crippen LogP contribution in [-0.2, 0) is 13.1 Å². The number of hydrogen-bond acceptors (Lipinski definition) is 4. The molecular formula is C19H24N4O. The molecule has 0 unspecified atom stereocenters. The molecule has 3 rings (SSSR count). The summed E-state index contributed by atoms with van der Waals surface area (Å²) in [6.07, 6.45) is 5.47. The largest absolute Gasteiger partial charge is 0.397 e. The van der Waals surface area contributed by atoms with Crippen LogP contribution in [0.25, 0.3) is 0 Å². The van der Waals surface area contributed by atoms with Gasteiger partial charge in [0.1, 0.15) is 5.69 Å². The summed E-state index contributed by atoms with van der Waals surface area (Å²) in [7, 11) is 0. The van der Waals surface area contributed by atoms with Crippen molar-refractivity contribution >= 4 is 11.6 Å². The summed E-state index contributed by atoms with van der Waals surface area (Å²) in [6.45, 7) is 3.91. The van der Waals surface area contributed by atoms with E-state index < -0.39 is 0 Å². The van der Waals surface area contributed by atoms with E-state index in [4.69, 9.17) is 5.73 Å². The van der Waals surface area contributed by atoms with Crippen molar-refractivity contribution in [1.29, 1.82) is 0 Å². The molecule has 1 aliphatic rings. The van der Waals surface area contributed by atoms with E-state index in [-0.39, 0.29) is 5.91 Å². The van der Waals surface area contributed by atoms with Crippen LogP contribution in [0.5, 0.6) is 0 Å². The maximum Gasteiger partial charge on any atom is 0.270 e. The molecule has 1 aromatic carbocycles. The highest BCUT2D eigenvalue weighted by molar-refractivity contribution is 5.92. The van der Waals surface area contributed by atoms with Gasteiger partial charge < -0.3 is 11.1 Å². The predicted octanol–water partition coefficient (Wildman–Crippen LogP) is 2.58. The lowest BCUT2D eigenvalue weighted by molar-refractivity contribution is 0.0946. The summed E-state index contributed by atoms with van der Waals surface area (Å²) >= 11 is 0. The Kier molecular flexibility index (Phi) is 5.43. The highest BCUT2D eigenvalue weighted by Crippen LogP contribution is 2.13. The third-order valence-corrected chi connectivity index (χ3v) is 4.35. The second kappa shape index (κ2) is 7.93. The van der Waals surface area contributed by atoms with Gasteiger partial charge in [-0.1, -0.05) is 30.7 Å². The van der Waals surface area contributed by atoms with Crippen LogP contribution >= 0.6 is 0 Å². The number of nitrogens with zero attached hydrogens (tertiary/aromatic N) is 2. The van der Waals surface area contributed by atoms with Crippen molar-refractivity contribution in [3.63, 3.8) is 0 Å². The van der Waals surface area contributed by atoms with Gasteiger partial charge in [0, 0.05) is 13.1 Å². The SMILES string of the molecule is Nc1ccc(C(=O)NCc2ccc(CN3CCCCC3)cc2)nc1. The standard InChI is InChI=1S/C19H24N4O/c20-17-8-9-18(21-13-17)19(24)22-12-15-4-6-16(7-5-15)14-23-10-2-1-3-11-23/h4-9,13H,1-3,10-12,14,20H2,(H,22,24). The molecule has 1 aliphatic heterocycles. The average Bonchev–Trinajstić information content (AvgIpc) is 2.62. The Morgan fingerprint density at radius 2 is 1.75 bits per heavy atom. The Morgan fingerprint density at radius 1 is 1.04 bits per heavy atom. The zero-order chi connectivity index (χ0) is 16.8. The minimum atomic E-state index is -0.188. The predicted molar refractivity (Wildman–Crippen MR) is 95.4 cm³/mol. The lowest BCUT2D eigenvalue weighted by Gasteiger charge is -2.26. The number of carbonyl (C=O) groups is 1. The minimum absolute atomic E-state index is 0.188. The number of piperidine rings is 1. The topological polar surface area (TPSA) is 71.2 Å². The molecule has 0 saturated carbocycles. The van der Waals surface area contributed by atoms with E-state index in [1.54, 1.807) is 12.1 Å². The Morgan fingerprint density at radius 3 is 2.42 bits per heavy atom. The summed E-state index contributed by atoms with van der Waals surface area (Å²) in [6, 6.07) is 11.8. The lowest BCUT2D eigenvalue weighted by atomic mass is 10.1. The Bertz CT molecular complexity index is 661. The van der Waals surface area contributed by atoms with Crippen molar-refractivity contribution in [2.75, 3.05) is 18.8 Å². The van der Waals surface area contributed by atoms with Gasteiger partial charge in [-0.25, -0.2) is 4.98 Å². The quantitative estimate of drug-likeness (QED) is 0.887. The van der Waals surface area contributed by atoms with Gasteiger partial charge in [-0.2, -0.15) is 0 Å². The fraction of sp³-hybridized carbons (Fsp3) is 0.368. The van der Waals surface area contributed by atoms with Crippen LogP contribution in [0.4, 0.5) is 5.69 Å². The van der Waals surface area contributed by atoms with E-state index in [0.29, 0.717) is 17.9 Å². The number of nitrogens with two attached hydrogens (primary N) is 1. The zero-order valence-corrected chi connectivity index (χ0v) is 13.9. The van der Waals surface area contributed by atoms with E-state index in [9.17, 15) is 4.79 Å². The molecular weight excluding hydrogens is 300 g/mol. The van der Waals surface area contributed by atoms with Gasteiger partial charge in [-0.3, -0.25) is 9.69 Å². The average molecular weight is 324 g/mol. The third-order valence-electron chi connectivity index (χ3n) is 4.35. The molecule has 2 aromatic rings. The Hall–Kier alpha value is -2.40. The van der Waals surface area contributed by atoms with Gasteiger partial charge in [0.25, 0.3) is 5.91 Å². The molecule has 0 atom stereocenters. The molecule has 24 heavy (non-hydrogen) atoms. The molecule has 1 saturated heterocycles. The first-order valence-electron chi connectivity index (χ1n) is 8.50. The molecule has 5 nitrogen and oxygen atoms in total. The normalized spacial score (nSPS) is 15.2. The van der Waals surface area contributed by atoms with Gasteiger partial charge in [-0.15, -0.1) is 0 Å². The monoisotopic (exact) mass is 324 g/mol. The fourth-order valence-electron chi connectivity index (χ4n) is 2.95. The number of anilines is 1. The molecule has 1 amide bonds. The van der Waals surface area contributed by atoms with Crippen molar-refractivity contribution in [2.45, 2.75) is 32.4 Å². The zero-order valence-electron chi connectivity index (χ0n) is 13.9. The summed E-state index contributed by atoms with van der Waals surface area (Å²) in [5.41, 5.74) is 8.92. The number of pyridine rings is 1. The van der Waals surface area contributed by atoms with Crippen molar-refractivity contribution in [3.8, 4) is 0 Å².